The Morgan fingerprint density at radius 1 is 1.32 bits per heavy atom. The highest BCUT2D eigenvalue weighted by Gasteiger charge is 2.17. The highest BCUT2D eigenvalue weighted by molar-refractivity contribution is 7.99. The Morgan fingerprint density at radius 3 is 2.89 bits per heavy atom. The van der Waals surface area contributed by atoms with Gasteiger partial charge in [0.1, 0.15) is 0 Å². The number of hydrogen-bond acceptors (Lipinski definition) is 5. The minimum absolute atomic E-state index is 0.0409. The third-order valence-electron chi connectivity index (χ3n) is 3.81. The van der Waals surface area contributed by atoms with Gasteiger partial charge in [0.2, 0.25) is 5.91 Å². The number of aromatic nitrogens is 3. The molecule has 146 valence electrons. The average molecular weight is 453 g/mol. The van der Waals surface area contributed by atoms with Crippen molar-refractivity contribution >= 4 is 52.2 Å². The van der Waals surface area contributed by atoms with Crippen LogP contribution in [0.2, 0.25) is 10.0 Å². The summed E-state index contributed by atoms with van der Waals surface area (Å²) in [6.45, 7) is 4.91. The third-order valence-corrected chi connectivity index (χ3v) is 6.26. The Kier molecular flexibility index (Phi) is 7.56. The topological polar surface area (TPSA) is 59.8 Å². The van der Waals surface area contributed by atoms with E-state index in [9.17, 15) is 4.79 Å². The number of carbonyl (C=O) groups is 1. The molecule has 0 bridgehead atoms. The minimum atomic E-state index is -0.0409. The number of halogens is 2. The standard InChI is InChI=1S/C19H18Cl2N4OS2/c1-2-9-25-18(15-6-5-13(20)11-16(15)21)23-24-19(25)28-12-17(26)22-8-7-14-4-3-10-27-14/h2-6,10-11H,1,7-9,12H2,(H,22,26). The quantitative estimate of drug-likeness (QED) is 0.368. The fourth-order valence-electron chi connectivity index (χ4n) is 2.52. The first-order chi connectivity index (χ1) is 13.6. The van der Waals surface area contributed by atoms with Crippen LogP contribution in [0.15, 0.2) is 53.5 Å². The maximum atomic E-state index is 12.1. The second-order valence-corrected chi connectivity index (χ2v) is 8.62. The Bertz CT molecular complexity index is 957. The van der Waals surface area contributed by atoms with Gasteiger partial charge in [-0.05, 0) is 36.1 Å². The number of amides is 1. The number of hydrogen-bond donors (Lipinski definition) is 1. The molecule has 2 aromatic heterocycles. The van der Waals surface area contributed by atoms with Gasteiger partial charge >= 0.3 is 0 Å². The average Bonchev–Trinajstić information content (AvgIpc) is 3.31. The second kappa shape index (κ2) is 10.1. The largest absolute Gasteiger partial charge is 0.355 e. The lowest BCUT2D eigenvalue weighted by Gasteiger charge is -2.09. The van der Waals surface area contributed by atoms with Crippen molar-refractivity contribution in [2.75, 3.05) is 12.3 Å². The molecular formula is C19H18Cl2N4OS2. The van der Waals surface area contributed by atoms with Gasteiger partial charge in [0.15, 0.2) is 11.0 Å². The number of carbonyl (C=O) groups excluding carboxylic acids is 1. The molecule has 3 aromatic rings. The smallest absolute Gasteiger partial charge is 0.230 e. The van der Waals surface area contributed by atoms with E-state index in [2.05, 4.69) is 28.2 Å². The first kappa shape index (κ1) is 20.9. The lowest BCUT2D eigenvalue weighted by atomic mass is 10.2. The van der Waals surface area contributed by atoms with E-state index < -0.39 is 0 Å². The van der Waals surface area contributed by atoms with Gasteiger partial charge in [-0.2, -0.15) is 0 Å². The molecule has 2 heterocycles. The predicted molar refractivity (Wildman–Crippen MR) is 117 cm³/mol. The maximum Gasteiger partial charge on any atom is 0.230 e. The number of thioether (sulfide) groups is 1. The monoisotopic (exact) mass is 452 g/mol. The van der Waals surface area contributed by atoms with E-state index in [1.54, 1.807) is 35.6 Å². The number of rotatable bonds is 9. The molecule has 5 nitrogen and oxygen atoms in total. The van der Waals surface area contributed by atoms with E-state index in [-0.39, 0.29) is 11.7 Å². The van der Waals surface area contributed by atoms with E-state index in [1.807, 2.05) is 16.0 Å². The number of thiophene rings is 1. The van der Waals surface area contributed by atoms with Gasteiger partial charge in [-0.3, -0.25) is 9.36 Å². The molecule has 28 heavy (non-hydrogen) atoms. The van der Waals surface area contributed by atoms with Crippen LogP contribution in [0, 0.1) is 0 Å². The van der Waals surface area contributed by atoms with E-state index in [0.717, 1.165) is 12.0 Å². The highest BCUT2D eigenvalue weighted by atomic mass is 35.5. The van der Waals surface area contributed by atoms with Crippen LogP contribution in [0.5, 0.6) is 0 Å². The van der Waals surface area contributed by atoms with Crippen molar-refractivity contribution in [1.82, 2.24) is 20.1 Å². The maximum absolute atomic E-state index is 12.1. The van der Waals surface area contributed by atoms with Crippen LogP contribution >= 0.6 is 46.3 Å². The zero-order valence-corrected chi connectivity index (χ0v) is 18.0. The minimum Gasteiger partial charge on any atom is -0.355 e. The van der Waals surface area contributed by atoms with E-state index in [1.165, 1.54) is 16.6 Å². The van der Waals surface area contributed by atoms with Crippen LogP contribution < -0.4 is 5.32 Å². The van der Waals surface area contributed by atoms with E-state index >= 15 is 0 Å². The van der Waals surface area contributed by atoms with Crippen LogP contribution in [0.3, 0.4) is 0 Å². The van der Waals surface area contributed by atoms with Crippen molar-refractivity contribution < 1.29 is 4.79 Å². The summed E-state index contributed by atoms with van der Waals surface area (Å²) in [6, 6.07) is 9.30. The van der Waals surface area contributed by atoms with Gasteiger partial charge in [0.25, 0.3) is 0 Å². The molecule has 0 unspecified atom stereocenters. The van der Waals surface area contributed by atoms with Gasteiger partial charge in [-0.1, -0.05) is 47.1 Å². The van der Waals surface area contributed by atoms with Crippen molar-refractivity contribution in [3.8, 4) is 11.4 Å². The zero-order valence-electron chi connectivity index (χ0n) is 14.9. The van der Waals surface area contributed by atoms with Gasteiger partial charge in [0.05, 0.1) is 10.8 Å². The molecule has 0 fully saturated rings. The van der Waals surface area contributed by atoms with Gasteiger partial charge in [-0.15, -0.1) is 28.1 Å². The summed E-state index contributed by atoms with van der Waals surface area (Å²) < 4.78 is 1.88. The Morgan fingerprint density at radius 2 is 2.18 bits per heavy atom. The molecule has 0 aliphatic carbocycles. The molecule has 1 N–H and O–H groups in total. The molecule has 0 radical (unpaired) electrons. The first-order valence-corrected chi connectivity index (χ1v) is 11.1. The molecule has 0 atom stereocenters. The predicted octanol–water partition coefficient (Wildman–Crippen LogP) is 4.95. The number of allylic oxidation sites excluding steroid dienone is 1. The number of nitrogens with one attached hydrogen (secondary N) is 1. The number of nitrogens with zero attached hydrogens (tertiary/aromatic N) is 3. The van der Waals surface area contributed by atoms with Gasteiger partial charge in [0, 0.05) is 28.6 Å². The van der Waals surface area contributed by atoms with Gasteiger partial charge < -0.3 is 5.32 Å². The molecule has 0 saturated carbocycles. The molecule has 9 heteroatoms. The summed E-state index contributed by atoms with van der Waals surface area (Å²) in [5.74, 6) is 0.830. The number of benzene rings is 1. The molecule has 1 amide bonds. The van der Waals surface area contributed by atoms with Gasteiger partial charge in [-0.25, -0.2) is 0 Å². The lowest BCUT2D eigenvalue weighted by Crippen LogP contribution is -2.27. The summed E-state index contributed by atoms with van der Waals surface area (Å²) in [5.41, 5.74) is 0.729. The lowest BCUT2D eigenvalue weighted by molar-refractivity contribution is -0.118. The Hall–Kier alpha value is -1.80. The fraction of sp³-hybridized carbons (Fsp3) is 0.211. The fourth-order valence-corrected chi connectivity index (χ4v) is 4.50. The molecular weight excluding hydrogens is 435 g/mol. The summed E-state index contributed by atoms with van der Waals surface area (Å²) in [6.07, 6.45) is 2.59. The SMILES string of the molecule is C=CCn1c(SCC(=O)NCCc2cccs2)nnc1-c1ccc(Cl)cc1Cl. The van der Waals surface area contributed by atoms with Crippen LogP contribution in [0.1, 0.15) is 4.88 Å². The summed E-state index contributed by atoms with van der Waals surface area (Å²) >= 11 is 15.3. The zero-order chi connectivity index (χ0) is 19.9. The van der Waals surface area contributed by atoms with Crippen molar-refractivity contribution in [3.63, 3.8) is 0 Å². The second-order valence-electron chi connectivity index (χ2n) is 5.80. The first-order valence-electron chi connectivity index (χ1n) is 8.50. The van der Waals surface area contributed by atoms with E-state index in [0.29, 0.717) is 34.1 Å². The summed E-state index contributed by atoms with van der Waals surface area (Å²) in [7, 11) is 0. The van der Waals surface area contributed by atoms with E-state index in [4.69, 9.17) is 23.2 Å². The van der Waals surface area contributed by atoms with Crippen molar-refractivity contribution in [2.24, 2.45) is 0 Å². The van der Waals surface area contributed by atoms with Crippen molar-refractivity contribution in [3.05, 3.63) is 63.3 Å². The summed E-state index contributed by atoms with van der Waals surface area (Å²) in [5, 5.41) is 15.1. The molecule has 0 aliphatic heterocycles. The van der Waals surface area contributed by atoms with Crippen LogP contribution in [-0.2, 0) is 17.8 Å². The Balaban J connectivity index is 1.64. The highest BCUT2D eigenvalue weighted by Crippen LogP contribution is 2.31. The van der Waals surface area contributed by atoms with Crippen LogP contribution in [0.4, 0.5) is 0 Å². The summed E-state index contributed by atoms with van der Waals surface area (Å²) in [4.78, 5) is 13.4. The van der Waals surface area contributed by atoms with Crippen molar-refractivity contribution in [1.29, 1.82) is 0 Å². The molecule has 0 spiro atoms. The van der Waals surface area contributed by atoms with Crippen LogP contribution in [0.25, 0.3) is 11.4 Å². The third kappa shape index (κ3) is 5.38. The van der Waals surface area contributed by atoms with Crippen LogP contribution in [-0.4, -0.2) is 33.0 Å². The molecule has 0 aliphatic rings. The molecule has 3 rings (SSSR count). The normalized spacial score (nSPS) is 10.8. The molecule has 1 aromatic carbocycles. The molecule has 0 saturated heterocycles. The Labute approximate surface area is 181 Å². The van der Waals surface area contributed by atoms with Crippen molar-refractivity contribution in [2.45, 2.75) is 18.1 Å².